The first kappa shape index (κ1) is 36.0. The van der Waals surface area contributed by atoms with Crippen molar-refractivity contribution >= 4 is 0 Å². The van der Waals surface area contributed by atoms with Crippen molar-refractivity contribution in [3.05, 3.63) is 107 Å². The Kier molecular flexibility index (Phi) is 10.8. The van der Waals surface area contributed by atoms with Gasteiger partial charge in [-0.05, 0) is 47.9 Å². The minimum absolute atomic E-state index is 0.201. The number of rotatable bonds is 11. The average Bonchev–Trinajstić information content (AvgIpc) is 3.00. The van der Waals surface area contributed by atoms with E-state index in [0.29, 0.717) is 43.0 Å². The van der Waals surface area contributed by atoms with Gasteiger partial charge in [-0.1, -0.05) is 50.5 Å². The highest BCUT2D eigenvalue weighted by molar-refractivity contribution is 5.67. The summed E-state index contributed by atoms with van der Waals surface area (Å²) in [5.41, 5.74) is -3.42. The molecule has 0 unspecified atom stereocenters. The minimum atomic E-state index is -5.01. The normalized spacial score (nSPS) is 16.9. The van der Waals surface area contributed by atoms with E-state index in [1.807, 2.05) is 0 Å². The molecule has 4 aromatic rings. The van der Waals surface area contributed by atoms with Gasteiger partial charge in [0.1, 0.15) is 46.1 Å². The second kappa shape index (κ2) is 14.7. The van der Waals surface area contributed by atoms with Crippen LogP contribution in [-0.2, 0) is 15.6 Å². The molecule has 1 aliphatic heterocycles. The molecule has 0 saturated carbocycles. The smallest absolute Gasteiger partial charge is 0.429 e. The van der Waals surface area contributed by atoms with Crippen LogP contribution in [0.5, 0.6) is 11.5 Å². The standard InChI is InChI=1S/C35H28F10O4/c1-2-3-4-5-19-17-46-33(47-18-19)21-8-11-25(26(36)12-21)22-13-29(39)32(30(40)14-22)34(41,42)48-24-15-27(37)31(28(38)16-24)20-6-9-23(10-7-20)49-35(43,44)45/h6-16,19,33H,2-5,17-18H2,1H3. The van der Waals surface area contributed by atoms with Crippen LogP contribution in [0.15, 0.2) is 66.7 Å². The summed E-state index contributed by atoms with van der Waals surface area (Å²) < 4.78 is 162. The lowest BCUT2D eigenvalue weighted by atomic mass is 9.99. The molecule has 262 valence electrons. The largest absolute Gasteiger partial charge is 0.573 e. The molecule has 1 fully saturated rings. The molecule has 0 bridgehead atoms. The number of hydrogen-bond acceptors (Lipinski definition) is 4. The summed E-state index contributed by atoms with van der Waals surface area (Å²) in [5.74, 6) is -9.19. The highest BCUT2D eigenvalue weighted by Gasteiger charge is 2.42. The van der Waals surface area contributed by atoms with E-state index in [9.17, 15) is 22.0 Å². The molecule has 0 radical (unpaired) electrons. The Balaban J connectivity index is 1.31. The molecule has 1 aliphatic rings. The van der Waals surface area contributed by atoms with Crippen LogP contribution >= 0.6 is 0 Å². The van der Waals surface area contributed by atoms with E-state index in [1.54, 1.807) is 0 Å². The van der Waals surface area contributed by atoms with Crippen LogP contribution in [0.3, 0.4) is 0 Å². The molecule has 0 aromatic heterocycles. The van der Waals surface area contributed by atoms with E-state index in [2.05, 4.69) is 16.4 Å². The number of benzene rings is 4. The second-order valence-electron chi connectivity index (χ2n) is 11.4. The zero-order valence-corrected chi connectivity index (χ0v) is 25.7. The van der Waals surface area contributed by atoms with E-state index >= 15 is 22.0 Å². The molecular weight excluding hydrogens is 674 g/mol. The van der Waals surface area contributed by atoms with Crippen molar-refractivity contribution < 1.29 is 62.9 Å². The van der Waals surface area contributed by atoms with Gasteiger partial charge in [0.15, 0.2) is 6.29 Å². The van der Waals surface area contributed by atoms with Crippen molar-refractivity contribution in [2.24, 2.45) is 5.92 Å². The van der Waals surface area contributed by atoms with Gasteiger partial charge < -0.3 is 18.9 Å². The summed E-state index contributed by atoms with van der Waals surface area (Å²) in [7, 11) is 0. The van der Waals surface area contributed by atoms with Crippen LogP contribution in [-0.4, -0.2) is 19.6 Å². The number of alkyl halides is 5. The average molecular weight is 703 g/mol. The molecule has 14 heteroatoms. The molecule has 0 aliphatic carbocycles. The molecular formula is C35H28F10O4. The fourth-order valence-corrected chi connectivity index (χ4v) is 5.41. The molecule has 0 atom stereocenters. The highest BCUT2D eigenvalue weighted by Crippen LogP contribution is 2.40. The van der Waals surface area contributed by atoms with E-state index in [-0.39, 0.29) is 17.0 Å². The summed E-state index contributed by atoms with van der Waals surface area (Å²) >= 11 is 0. The summed E-state index contributed by atoms with van der Waals surface area (Å²) in [5, 5.41) is 0. The minimum Gasteiger partial charge on any atom is -0.429 e. The Labute approximate surface area is 274 Å². The number of unbranched alkanes of at least 4 members (excludes halogenated alkanes) is 2. The first-order chi connectivity index (χ1) is 23.1. The fourth-order valence-electron chi connectivity index (χ4n) is 5.41. The third kappa shape index (κ3) is 8.66. The van der Waals surface area contributed by atoms with Gasteiger partial charge in [0.2, 0.25) is 0 Å². The Morgan fingerprint density at radius 2 is 1.27 bits per heavy atom. The lowest BCUT2D eigenvalue weighted by molar-refractivity contribution is -0.274. The maximum atomic E-state index is 15.1. The summed E-state index contributed by atoms with van der Waals surface area (Å²) in [6, 6.07) is 8.52. The molecule has 4 aromatic carbocycles. The van der Waals surface area contributed by atoms with Crippen LogP contribution in [0.25, 0.3) is 22.3 Å². The third-order valence-corrected chi connectivity index (χ3v) is 7.73. The van der Waals surface area contributed by atoms with Gasteiger partial charge in [0.05, 0.1) is 18.8 Å². The lowest BCUT2D eigenvalue weighted by Crippen LogP contribution is -2.27. The van der Waals surface area contributed by atoms with E-state index in [0.717, 1.165) is 56.0 Å². The predicted octanol–water partition coefficient (Wildman–Crippen LogP) is 11.0. The molecule has 49 heavy (non-hydrogen) atoms. The number of hydrogen-bond donors (Lipinski definition) is 0. The Morgan fingerprint density at radius 1 is 0.653 bits per heavy atom. The molecule has 5 rings (SSSR count). The Hall–Kier alpha value is -4.30. The lowest BCUT2D eigenvalue weighted by Gasteiger charge is -2.29. The SMILES string of the molecule is CCCCCC1COC(c2ccc(-c3cc(F)c(C(F)(F)Oc4cc(F)c(-c5ccc(OC(F)(F)F)cc5)c(F)c4)c(F)c3)c(F)c2)OC1. The molecule has 0 amide bonds. The van der Waals surface area contributed by atoms with Crippen molar-refractivity contribution in [2.75, 3.05) is 13.2 Å². The predicted molar refractivity (Wildman–Crippen MR) is 157 cm³/mol. The quantitative estimate of drug-likeness (QED) is 0.115. The molecule has 4 nitrogen and oxygen atoms in total. The van der Waals surface area contributed by atoms with Gasteiger partial charge in [-0.2, -0.15) is 8.78 Å². The fraction of sp³-hybridized carbons (Fsp3) is 0.314. The van der Waals surface area contributed by atoms with Gasteiger partial charge >= 0.3 is 12.5 Å². The van der Waals surface area contributed by atoms with Crippen molar-refractivity contribution in [1.29, 1.82) is 0 Å². The summed E-state index contributed by atoms with van der Waals surface area (Å²) in [4.78, 5) is 0. The van der Waals surface area contributed by atoms with Crippen molar-refractivity contribution in [1.82, 2.24) is 0 Å². The number of halogens is 10. The first-order valence-electron chi connectivity index (χ1n) is 15.1. The second-order valence-corrected chi connectivity index (χ2v) is 11.4. The molecule has 1 heterocycles. The van der Waals surface area contributed by atoms with E-state index < -0.39 is 76.0 Å². The molecule has 0 N–H and O–H groups in total. The maximum Gasteiger partial charge on any atom is 0.573 e. The van der Waals surface area contributed by atoms with Gasteiger partial charge in [-0.3, -0.25) is 0 Å². The van der Waals surface area contributed by atoms with Crippen LogP contribution < -0.4 is 9.47 Å². The molecule has 0 spiro atoms. The topological polar surface area (TPSA) is 36.9 Å². The number of ether oxygens (including phenoxy) is 4. The van der Waals surface area contributed by atoms with Crippen LogP contribution in [0.2, 0.25) is 0 Å². The third-order valence-electron chi connectivity index (χ3n) is 7.73. The maximum absolute atomic E-state index is 15.1. The van der Waals surface area contributed by atoms with Gasteiger partial charge in [-0.15, -0.1) is 13.2 Å². The van der Waals surface area contributed by atoms with Crippen molar-refractivity contribution in [3.63, 3.8) is 0 Å². The van der Waals surface area contributed by atoms with E-state index in [4.69, 9.17) is 9.47 Å². The van der Waals surface area contributed by atoms with Gasteiger partial charge in [0.25, 0.3) is 0 Å². The molecule has 1 saturated heterocycles. The van der Waals surface area contributed by atoms with Gasteiger partial charge in [-0.25, -0.2) is 22.0 Å². The Bertz CT molecular complexity index is 1720. The van der Waals surface area contributed by atoms with Gasteiger partial charge in [0, 0.05) is 29.2 Å². The summed E-state index contributed by atoms with van der Waals surface area (Å²) in [6.07, 6.45) is -6.57. The Morgan fingerprint density at radius 3 is 1.82 bits per heavy atom. The van der Waals surface area contributed by atoms with Crippen LogP contribution in [0.4, 0.5) is 43.9 Å². The highest BCUT2D eigenvalue weighted by atomic mass is 19.4. The zero-order valence-electron chi connectivity index (χ0n) is 25.7. The first-order valence-corrected chi connectivity index (χ1v) is 15.1. The van der Waals surface area contributed by atoms with Crippen molar-refractivity contribution in [2.45, 2.75) is 51.4 Å². The summed E-state index contributed by atoms with van der Waals surface area (Å²) in [6.45, 7) is 2.91. The van der Waals surface area contributed by atoms with Crippen molar-refractivity contribution in [3.8, 4) is 33.8 Å². The van der Waals surface area contributed by atoms with E-state index in [1.165, 1.54) is 12.1 Å². The monoisotopic (exact) mass is 702 g/mol. The van der Waals surface area contributed by atoms with Crippen LogP contribution in [0.1, 0.15) is 50.0 Å². The van der Waals surface area contributed by atoms with Crippen LogP contribution in [0, 0.1) is 35.0 Å². The zero-order chi connectivity index (χ0) is 35.5.